The van der Waals surface area contributed by atoms with Gasteiger partial charge in [-0.3, -0.25) is 14.2 Å². The highest BCUT2D eigenvalue weighted by molar-refractivity contribution is 8.00. The molecule has 4 fully saturated rings. The van der Waals surface area contributed by atoms with E-state index in [1.807, 2.05) is 14.0 Å². The molecule has 2 aliphatic carbocycles. The molecule has 14 heteroatoms. The zero-order valence-corrected chi connectivity index (χ0v) is 29.8. The second-order valence-corrected chi connectivity index (χ2v) is 16.9. The molecule has 0 radical (unpaired) electrons. The van der Waals surface area contributed by atoms with Crippen LogP contribution in [0.25, 0.3) is 0 Å². The van der Waals surface area contributed by atoms with Gasteiger partial charge >= 0.3 is 12.1 Å². The fourth-order valence-electron chi connectivity index (χ4n) is 9.33. The molecular weight excluding hydrogens is 667 g/mol. The molecule has 270 valence electrons. The number of likely N-dealkylation sites (N-methyl/N-ethyl adjacent to an activating group) is 1. The van der Waals surface area contributed by atoms with E-state index < -0.39 is 24.1 Å². The summed E-state index contributed by atoms with van der Waals surface area (Å²) in [6.07, 6.45) is 2.09. The molecule has 11 atom stereocenters. The summed E-state index contributed by atoms with van der Waals surface area (Å²) in [6.45, 7) is 5.70. The van der Waals surface area contributed by atoms with Gasteiger partial charge in [0.1, 0.15) is 11.9 Å². The van der Waals surface area contributed by atoms with Gasteiger partial charge in [0.15, 0.2) is 0 Å². The molecule has 9 nitrogen and oxygen atoms in total. The van der Waals surface area contributed by atoms with Gasteiger partial charge in [-0.25, -0.2) is 4.98 Å². The maximum absolute atomic E-state index is 13.9. The minimum Gasteiger partial charge on any atom is -0.481 e. The number of hydrogen-bond donors (Lipinski definition) is 3. The second-order valence-electron chi connectivity index (χ2n) is 15.0. The first-order valence-electron chi connectivity index (χ1n) is 17.8. The third kappa shape index (κ3) is 7.91. The normalized spacial score (nSPS) is 37.3. The second kappa shape index (κ2) is 15.1. The number of hydrogen-bond acceptors (Lipinski definition) is 8. The maximum atomic E-state index is 13.9. The third-order valence-electron chi connectivity index (χ3n) is 11.8. The number of aryl methyl sites for hydroxylation is 2. The first-order chi connectivity index (χ1) is 22.8. The molecule has 48 heavy (non-hydrogen) atoms. The van der Waals surface area contributed by atoms with Gasteiger partial charge in [-0.15, -0.1) is 11.6 Å². The number of aliphatic carboxylic acids is 1. The van der Waals surface area contributed by atoms with Crippen molar-refractivity contribution in [2.24, 2.45) is 23.7 Å². The van der Waals surface area contributed by atoms with Gasteiger partial charge in [0.2, 0.25) is 0 Å². The van der Waals surface area contributed by atoms with E-state index in [1.54, 1.807) is 16.3 Å². The molecular formula is C34H51ClF3N5O4S. The Balaban J connectivity index is 1.09. The van der Waals surface area contributed by atoms with E-state index in [0.29, 0.717) is 68.6 Å². The number of nitrogens with one attached hydrogen (secondary N) is 2. The van der Waals surface area contributed by atoms with Crippen molar-refractivity contribution in [1.29, 1.82) is 0 Å². The zero-order valence-electron chi connectivity index (χ0n) is 28.2. The minimum absolute atomic E-state index is 0.00742. The van der Waals surface area contributed by atoms with E-state index in [2.05, 4.69) is 22.5 Å². The van der Waals surface area contributed by atoms with Crippen LogP contribution in [-0.4, -0.2) is 105 Å². The number of rotatable bonds is 9. The number of carbonyl (C=O) groups is 1. The number of piperidine rings is 2. The Bertz CT molecular complexity index is 1370. The van der Waals surface area contributed by atoms with Gasteiger partial charge in [-0.05, 0) is 103 Å². The van der Waals surface area contributed by atoms with Crippen LogP contribution in [0.15, 0.2) is 4.79 Å². The molecule has 6 rings (SSSR count). The average Bonchev–Trinajstić information content (AvgIpc) is 3.46. The number of ether oxygens (including phenoxy) is 1. The van der Waals surface area contributed by atoms with Crippen LogP contribution in [-0.2, 0) is 28.9 Å². The lowest BCUT2D eigenvalue weighted by Crippen LogP contribution is -2.57. The largest absolute Gasteiger partial charge is 0.481 e. The highest BCUT2D eigenvalue weighted by Crippen LogP contribution is 2.48. The van der Waals surface area contributed by atoms with E-state index in [4.69, 9.17) is 21.3 Å². The van der Waals surface area contributed by atoms with Crippen LogP contribution < -0.4 is 16.2 Å². The highest BCUT2D eigenvalue weighted by atomic mass is 35.5. The highest BCUT2D eigenvalue weighted by Gasteiger charge is 2.52. The number of fused-ring (bicyclic) bond motifs is 2. The van der Waals surface area contributed by atoms with Gasteiger partial charge in [-0.1, -0.05) is 0 Å². The maximum Gasteiger partial charge on any atom is 0.403 e. The Kier molecular flexibility index (Phi) is 11.4. The van der Waals surface area contributed by atoms with Crippen molar-refractivity contribution in [2.45, 2.75) is 125 Å². The lowest BCUT2D eigenvalue weighted by atomic mass is 9.70. The number of aromatic nitrogens is 2. The molecule has 0 aromatic carbocycles. The first-order valence-corrected chi connectivity index (χ1v) is 19.2. The van der Waals surface area contributed by atoms with E-state index in [1.165, 1.54) is 0 Å². The van der Waals surface area contributed by atoms with Crippen molar-refractivity contribution >= 4 is 29.3 Å². The van der Waals surface area contributed by atoms with Crippen LogP contribution in [0.1, 0.15) is 69.0 Å². The molecule has 3 aliphatic heterocycles. The summed E-state index contributed by atoms with van der Waals surface area (Å²) in [5, 5.41) is 16.3. The van der Waals surface area contributed by atoms with Crippen molar-refractivity contribution in [3.05, 3.63) is 27.4 Å². The number of carboxylic acid groups (broad SMARTS) is 1. The summed E-state index contributed by atoms with van der Waals surface area (Å²) in [4.78, 5) is 32.8. The molecule has 1 saturated carbocycles. The van der Waals surface area contributed by atoms with Gasteiger partial charge in [0.05, 0.1) is 30.9 Å². The smallest absolute Gasteiger partial charge is 0.403 e. The summed E-state index contributed by atoms with van der Waals surface area (Å²) in [5.41, 5.74) is 1.50. The SMILES string of the molecule is Cc1nc2c(c(=O)n1CCOC1CCC(Cl)CC1C1CC(C)NC3C(C(=O)O)CSC13)CC(N(C)CC1CCNC(C(F)(F)F)C1)CC2. The van der Waals surface area contributed by atoms with E-state index in [-0.39, 0.29) is 58.7 Å². The van der Waals surface area contributed by atoms with Gasteiger partial charge < -0.3 is 25.4 Å². The summed E-state index contributed by atoms with van der Waals surface area (Å²) in [6, 6.07) is -1.21. The van der Waals surface area contributed by atoms with E-state index in [9.17, 15) is 27.9 Å². The Morgan fingerprint density at radius 3 is 2.73 bits per heavy atom. The molecule has 4 heterocycles. The van der Waals surface area contributed by atoms with Gasteiger partial charge in [-0.2, -0.15) is 24.9 Å². The Morgan fingerprint density at radius 2 is 1.98 bits per heavy atom. The van der Waals surface area contributed by atoms with Crippen molar-refractivity contribution in [2.75, 3.05) is 32.5 Å². The fourth-order valence-corrected chi connectivity index (χ4v) is 11.5. The summed E-state index contributed by atoms with van der Waals surface area (Å²) in [7, 11) is 1.97. The van der Waals surface area contributed by atoms with Crippen LogP contribution >= 0.6 is 23.4 Å². The monoisotopic (exact) mass is 717 g/mol. The number of alkyl halides is 4. The molecule has 3 N–H and O–H groups in total. The van der Waals surface area contributed by atoms with Crippen molar-refractivity contribution in [1.82, 2.24) is 25.1 Å². The number of halogens is 4. The molecule has 1 aromatic rings. The number of carboxylic acids is 1. The number of thioether (sulfide) groups is 1. The summed E-state index contributed by atoms with van der Waals surface area (Å²) < 4.78 is 48.4. The predicted molar refractivity (Wildman–Crippen MR) is 181 cm³/mol. The third-order valence-corrected chi connectivity index (χ3v) is 13.8. The molecule has 3 saturated heterocycles. The van der Waals surface area contributed by atoms with Crippen LogP contribution in [0, 0.1) is 30.6 Å². The first kappa shape index (κ1) is 36.4. The molecule has 0 amide bonds. The summed E-state index contributed by atoms with van der Waals surface area (Å²) >= 11 is 8.50. The Morgan fingerprint density at radius 1 is 1.19 bits per heavy atom. The summed E-state index contributed by atoms with van der Waals surface area (Å²) in [5.74, 6) is 0.638. The van der Waals surface area contributed by atoms with Crippen LogP contribution in [0.3, 0.4) is 0 Å². The van der Waals surface area contributed by atoms with Crippen molar-refractivity contribution in [3.63, 3.8) is 0 Å². The average molecular weight is 718 g/mol. The van der Waals surface area contributed by atoms with E-state index in [0.717, 1.165) is 37.8 Å². The molecule has 11 unspecified atom stereocenters. The number of nitrogens with zero attached hydrogens (tertiary/aromatic N) is 3. The van der Waals surface area contributed by atoms with Crippen molar-refractivity contribution in [3.8, 4) is 0 Å². The van der Waals surface area contributed by atoms with Crippen molar-refractivity contribution < 1.29 is 27.8 Å². The lowest BCUT2D eigenvalue weighted by molar-refractivity contribution is -0.164. The predicted octanol–water partition coefficient (Wildman–Crippen LogP) is 4.25. The van der Waals surface area contributed by atoms with Crippen LogP contribution in [0.2, 0.25) is 0 Å². The zero-order chi connectivity index (χ0) is 34.3. The standard InChI is InChI=1S/C34H51ClF3N5O4S/c1-18-12-24(31-30(40-18)26(17-48-31)33(45)46)23-14-21(35)4-7-28(23)47-11-10-43-19(2)41-27-6-5-22(15-25(27)32(43)44)42(3)16-20-8-9-39-29(13-20)34(36,37)38/h18,20-24,26,28-31,39-40H,4-17H2,1-3H3,(H,45,46). The van der Waals surface area contributed by atoms with Crippen LogP contribution in [0.4, 0.5) is 13.2 Å². The van der Waals surface area contributed by atoms with E-state index >= 15 is 0 Å². The molecule has 1 aromatic heterocycles. The Hall–Kier alpha value is -1.38. The van der Waals surface area contributed by atoms with Gasteiger partial charge in [0.25, 0.3) is 5.56 Å². The quantitative estimate of drug-likeness (QED) is 0.324. The fraction of sp³-hybridized carbons (Fsp3) is 0.853. The molecule has 5 aliphatic rings. The topological polar surface area (TPSA) is 109 Å². The lowest BCUT2D eigenvalue weighted by Gasteiger charge is -2.47. The molecule has 0 spiro atoms. The molecule has 0 bridgehead atoms. The Labute approximate surface area is 290 Å². The minimum atomic E-state index is -4.24. The van der Waals surface area contributed by atoms with Gasteiger partial charge in [0, 0.05) is 46.6 Å². The van der Waals surface area contributed by atoms with Crippen LogP contribution in [0.5, 0.6) is 0 Å².